The monoisotopic (exact) mass is 304 g/mol. The first-order valence-electron chi connectivity index (χ1n) is 7.46. The molecule has 0 radical (unpaired) electrons. The molecule has 1 N–H and O–H groups in total. The Morgan fingerprint density at radius 3 is 2.50 bits per heavy atom. The molecule has 4 nitrogen and oxygen atoms in total. The molecule has 0 aromatic heterocycles. The molecule has 0 amide bonds. The van der Waals surface area contributed by atoms with Crippen molar-refractivity contribution in [3.8, 4) is 0 Å². The van der Waals surface area contributed by atoms with Crippen LogP contribution >= 0.6 is 0 Å². The molecular formula is C18H24O4. The first kappa shape index (κ1) is 16.9. The predicted molar refractivity (Wildman–Crippen MR) is 86.9 cm³/mol. The van der Waals surface area contributed by atoms with E-state index in [0.717, 1.165) is 5.56 Å². The fourth-order valence-corrected chi connectivity index (χ4v) is 2.28. The van der Waals surface area contributed by atoms with Gasteiger partial charge in [-0.05, 0) is 23.3 Å². The van der Waals surface area contributed by atoms with Crippen LogP contribution in [-0.4, -0.2) is 44.2 Å². The summed E-state index contributed by atoms with van der Waals surface area (Å²) in [7, 11) is 1.62. The molecule has 4 heteroatoms. The van der Waals surface area contributed by atoms with E-state index in [9.17, 15) is 5.11 Å². The zero-order chi connectivity index (χ0) is 15.8. The Morgan fingerprint density at radius 1 is 0.955 bits per heavy atom. The SMILES string of the molecule is COCCOC[C@](C)(O)COCc1cccc2ccccc12. The summed E-state index contributed by atoms with van der Waals surface area (Å²) >= 11 is 0. The van der Waals surface area contributed by atoms with Gasteiger partial charge in [-0.3, -0.25) is 0 Å². The van der Waals surface area contributed by atoms with E-state index in [2.05, 4.69) is 18.2 Å². The van der Waals surface area contributed by atoms with Crippen molar-refractivity contribution in [3.05, 3.63) is 48.0 Å². The van der Waals surface area contributed by atoms with Crippen molar-refractivity contribution < 1.29 is 19.3 Å². The number of aliphatic hydroxyl groups is 1. The maximum absolute atomic E-state index is 10.2. The number of rotatable bonds is 9. The summed E-state index contributed by atoms with van der Waals surface area (Å²) < 4.78 is 15.9. The lowest BCUT2D eigenvalue weighted by atomic mass is 10.1. The van der Waals surface area contributed by atoms with Gasteiger partial charge in [0.25, 0.3) is 0 Å². The smallest absolute Gasteiger partial charge is 0.108 e. The summed E-state index contributed by atoms with van der Waals surface area (Å²) in [4.78, 5) is 0. The molecule has 0 fully saturated rings. The van der Waals surface area contributed by atoms with E-state index in [1.807, 2.05) is 24.3 Å². The van der Waals surface area contributed by atoms with Gasteiger partial charge in [0.2, 0.25) is 0 Å². The van der Waals surface area contributed by atoms with E-state index in [0.29, 0.717) is 19.8 Å². The number of fused-ring (bicyclic) bond motifs is 1. The van der Waals surface area contributed by atoms with Gasteiger partial charge in [-0.1, -0.05) is 42.5 Å². The molecule has 2 aromatic carbocycles. The fourth-order valence-electron chi connectivity index (χ4n) is 2.28. The van der Waals surface area contributed by atoms with Crippen LogP contribution < -0.4 is 0 Å². The molecule has 2 aromatic rings. The van der Waals surface area contributed by atoms with Crippen molar-refractivity contribution in [1.82, 2.24) is 0 Å². The van der Waals surface area contributed by atoms with E-state index < -0.39 is 5.60 Å². The second-order valence-corrected chi connectivity index (χ2v) is 5.67. The average molecular weight is 304 g/mol. The lowest BCUT2D eigenvalue weighted by molar-refractivity contribution is -0.0920. The zero-order valence-electron chi connectivity index (χ0n) is 13.2. The Hall–Kier alpha value is -1.46. The third kappa shape index (κ3) is 5.07. The summed E-state index contributed by atoms with van der Waals surface area (Å²) in [6, 6.07) is 14.4. The highest BCUT2D eigenvalue weighted by Crippen LogP contribution is 2.19. The van der Waals surface area contributed by atoms with Gasteiger partial charge in [-0.2, -0.15) is 0 Å². The van der Waals surface area contributed by atoms with Crippen molar-refractivity contribution >= 4 is 10.8 Å². The van der Waals surface area contributed by atoms with Gasteiger partial charge in [-0.25, -0.2) is 0 Å². The molecule has 0 bridgehead atoms. The third-order valence-corrected chi connectivity index (χ3v) is 3.40. The Kier molecular flexibility index (Phi) is 6.34. The van der Waals surface area contributed by atoms with Gasteiger partial charge >= 0.3 is 0 Å². The first-order valence-corrected chi connectivity index (χ1v) is 7.46. The second-order valence-electron chi connectivity index (χ2n) is 5.67. The number of methoxy groups -OCH3 is 1. The topological polar surface area (TPSA) is 47.9 Å². The van der Waals surface area contributed by atoms with Crippen LogP contribution in [0.2, 0.25) is 0 Å². The quantitative estimate of drug-likeness (QED) is 0.724. The van der Waals surface area contributed by atoms with Crippen LogP contribution in [0.15, 0.2) is 42.5 Å². The molecule has 0 unspecified atom stereocenters. The molecule has 0 heterocycles. The Morgan fingerprint density at radius 2 is 1.68 bits per heavy atom. The molecule has 0 saturated carbocycles. The van der Waals surface area contributed by atoms with E-state index >= 15 is 0 Å². The standard InChI is InChI=1S/C18H24O4/c1-18(19,13-21-11-10-20-2)14-22-12-16-8-5-7-15-6-3-4-9-17(15)16/h3-9,19H,10-14H2,1-2H3/t18-/m0/s1. The second kappa shape index (κ2) is 8.25. The average Bonchev–Trinajstić information content (AvgIpc) is 2.52. The van der Waals surface area contributed by atoms with Gasteiger partial charge in [0.1, 0.15) is 5.60 Å². The van der Waals surface area contributed by atoms with Gasteiger partial charge < -0.3 is 19.3 Å². The highest BCUT2D eigenvalue weighted by Gasteiger charge is 2.21. The van der Waals surface area contributed by atoms with Crippen LogP contribution in [0.3, 0.4) is 0 Å². The molecule has 120 valence electrons. The highest BCUT2D eigenvalue weighted by atomic mass is 16.5. The molecule has 0 saturated heterocycles. The molecule has 0 aliphatic carbocycles. The van der Waals surface area contributed by atoms with Crippen LogP contribution in [-0.2, 0) is 20.8 Å². The van der Waals surface area contributed by atoms with E-state index in [1.54, 1.807) is 14.0 Å². The minimum Gasteiger partial charge on any atom is -0.385 e. The molecule has 2 rings (SSSR count). The van der Waals surface area contributed by atoms with Crippen LogP contribution in [0.25, 0.3) is 10.8 Å². The van der Waals surface area contributed by atoms with Crippen molar-refractivity contribution in [3.63, 3.8) is 0 Å². The van der Waals surface area contributed by atoms with Gasteiger partial charge in [0.05, 0.1) is 33.0 Å². The van der Waals surface area contributed by atoms with Gasteiger partial charge in [-0.15, -0.1) is 0 Å². The van der Waals surface area contributed by atoms with Gasteiger partial charge in [0, 0.05) is 7.11 Å². The van der Waals surface area contributed by atoms with Crippen molar-refractivity contribution in [2.75, 3.05) is 33.5 Å². The van der Waals surface area contributed by atoms with Crippen LogP contribution in [0.1, 0.15) is 12.5 Å². The maximum atomic E-state index is 10.2. The maximum Gasteiger partial charge on any atom is 0.108 e. The van der Waals surface area contributed by atoms with Crippen LogP contribution in [0.4, 0.5) is 0 Å². The Labute approximate surface area is 131 Å². The minimum absolute atomic E-state index is 0.225. The Balaban J connectivity index is 1.84. The zero-order valence-corrected chi connectivity index (χ0v) is 13.2. The predicted octanol–water partition coefficient (Wildman–Crippen LogP) is 2.77. The van der Waals surface area contributed by atoms with Gasteiger partial charge in [0.15, 0.2) is 0 Å². The fraction of sp³-hybridized carbons (Fsp3) is 0.444. The van der Waals surface area contributed by atoms with E-state index in [4.69, 9.17) is 14.2 Å². The molecule has 0 spiro atoms. The number of hydrogen-bond donors (Lipinski definition) is 1. The lowest BCUT2D eigenvalue weighted by Crippen LogP contribution is -2.36. The van der Waals surface area contributed by atoms with Crippen molar-refractivity contribution in [2.24, 2.45) is 0 Å². The van der Waals surface area contributed by atoms with Crippen molar-refractivity contribution in [2.45, 2.75) is 19.1 Å². The first-order chi connectivity index (χ1) is 10.6. The molecule has 0 aliphatic heterocycles. The molecule has 0 aliphatic rings. The highest BCUT2D eigenvalue weighted by molar-refractivity contribution is 5.85. The van der Waals surface area contributed by atoms with Crippen LogP contribution in [0, 0.1) is 0 Å². The number of hydrogen-bond acceptors (Lipinski definition) is 4. The molecule has 22 heavy (non-hydrogen) atoms. The molecule has 1 atom stereocenters. The van der Waals surface area contributed by atoms with E-state index in [-0.39, 0.29) is 13.2 Å². The lowest BCUT2D eigenvalue weighted by Gasteiger charge is -2.23. The number of ether oxygens (including phenoxy) is 3. The summed E-state index contributed by atoms with van der Waals surface area (Å²) in [6.07, 6.45) is 0. The minimum atomic E-state index is -1.00. The largest absolute Gasteiger partial charge is 0.385 e. The Bertz CT molecular complexity index is 575. The van der Waals surface area contributed by atoms with E-state index in [1.165, 1.54) is 10.8 Å². The summed E-state index contributed by atoms with van der Waals surface area (Å²) in [5.41, 5.74) is 0.118. The number of benzene rings is 2. The van der Waals surface area contributed by atoms with Crippen molar-refractivity contribution in [1.29, 1.82) is 0 Å². The summed E-state index contributed by atoms with van der Waals surface area (Å²) in [5, 5.41) is 12.6. The normalized spacial score (nSPS) is 14.1. The third-order valence-electron chi connectivity index (χ3n) is 3.40. The molecular weight excluding hydrogens is 280 g/mol. The summed E-state index contributed by atoms with van der Waals surface area (Å²) in [5.74, 6) is 0. The summed E-state index contributed by atoms with van der Waals surface area (Å²) in [6.45, 7) is 3.62. The van der Waals surface area contributed by atoms with Crippen LogP contribution in [0.5, 0.6) is 0 Å².